The lowest BCUT2D eigenvalue weighted by molar-refractivity contribution is 0.0536. The molecule has 0 spiro atoms. The molecule has 0 aliphatic carbocycles. The summed E-state index contributed by atoms with van der Waals surface area (Å²) in [6, 6.07) is 4.34. The van der Waals surface area contributed by atoms with Gasteiger partial charge < -0.3 is 24.6 Å². The first kappa shape index (κ1) is 26.1. The Hall–Kier alpha value is -1.13. The summed E-state index contributed by atoms with van der Waals surface area (Å²) in [6.45, 7) is 10.0. The van der Waals surface area contributed by atoms with Gasteiger partial charge in [0.05, 0.1) is 26.4 Å². The zero-order valence-electron chi connectivity index (χ0n) is 19.2. The van der Waals surface area contributed by atoms with Crippen molar-refractivity contribution < 1.29 is 9.47 Å². The van der Waals surface area contributed by atoms with Crippen molar-refractivity contribution >= 4 is 35.8 Å². The molecule has 1 aromatic rings. The van der Waals surface area contributed by atoms with Crippen molar-refractivity contribution in [3.8, 4) is 0 Å². The topological polar surface area (TPSA) is 62.2 Å². The maximum atomic E-state index is 5.72. The van der Waals surface area contributed by atoms with Gasteiger partial charge >= 0.3 is 0 Å². The second-order valence-corrected chi connectivity index (χ2v) is 8.26. The van der Waals surface area contributed by atoms with Crippen molar-refractivity contribution in [3.63, 3.8) is 0 Å². The van der Waals surface area contributed by atoms with Crippen LogP contribution in [0.1, 0.15) is 44.6 Å². The maximum Gasteiger partial charge on any atom is 0.194 e. The number of aromatic nitrogens is 1. The molecule has 2 saturated heterocycles. The molecule has 1 aromatic heterocycles. The van der Waals surface area contributed by atoms with Gasteiger partial charge in [-0.15, -0.1) is 24.0 Å². The normalized spacial score (nSPS) is 19.8. The fraction of sp³-hybridized carbons (Fsp3) is 0.739. The van der Waals surface area contributed by atoms with Gasteiger partial charge in [0.15, 0.2) is 5.96 Å². The largest absolute Gasteiger partial charge is 0.382 e. The second-order valence-electron chi connectivity index (χ2n) is 8.26. The van der Waals surface area contributed by atoms with Gasteiger partial charge in [-0.05, 0) is 37.8 Å². The third-order valence-corrected chi connectivity index (χ3v) is 5.86. The summed E-state index contributed by atoms with van der Waals surface area (Å²) in [6.07, 6.45) is 8.36. The van der Waals surface area contributed by atoms with Crippen LogP contribution in [0.4, 0.5) is 5.82 Å². The first-order valence-corrected chi connectivity index (χ1v) is 11.6. The molecule has 31 heavy (non-hydrogen) atoms. The van der Waals surface area contributed by atoms with Crippen molar-refractivity contribution in [1.29, 1.82) is 0 Å². The lowest BCUT2D eigenvalue weighted by Gasteiger charge is -2.22. The second kappa shape index (κ2) is 14.8. The highest BCUT2D eigenvalue weighted by Crippen LogP contribution is 2.19. The molecule has 176 valence electrons. The number of guanidine groups is 1. The van der Waals surface area contributed by atoms with E-state index >= 15 is 0 Å². The summed E-state index contributed by atoms with van der Waals surface area (Å²) in [5.41, 5.74) is 1.16. The smallest absolute Gasteiger partial charge is 0.194 e. The highest BCUT2D eigenvalue weighted by molar-refractivity contribution is 14.0. The predicted octanol–water partition coefficient (Wildman–Crippen LogP) is 3.53. The molecule has 3 rings (SSSR count). The van der Waals surface area contributed by atoms with Crippen molar-refractivity contribution in [2.75, 3.05) is 64.6 Å². The predicted molar refractivity (Wildman–Crippen MR) is 138 cm³/mol. The number of nitrogens with one attached hydrogen (secondary N) is 1. The molecule has 1 unspecified atom stereocenters. The summed E-state index contributed by atoms with van der Waals surface area (Å²) in [5.74, 6) is 2.65. The fourth-order valence-corrected chi connectivity index (χ4v) is 4.14. The van der Waals surface area contributed by atoms with Crippen LogP contribution in [0.5, 0.6) is 0 Å². The lowest BCUT2D eigenvalue weighted by atomic mass is 10.1. The molecule has 1 atom stereocenters. The number of ether oxygens (including phenoxy) is 2. The molecule has 3 heterocycles. The first-order chi connectivity index (χ1) is 14.8. The standard InChI is InChI=1S/C23H39N5O2.HI/c1-3-24-23(28-13-10-21(18-28)19-30-15-14-29-2)26-17-20-8-9-22(25-16-20)27-11-6-4-5-7-12-27;/h8-9,16,21H,3-7,10-15,17-19H2,1-2H3,(H,24,26);1H. The fourth-order valence-electron chi connectivity index (χ4n) is 4.14. The Morgan fingerprint density at radius 1 is 1.16 bits per heavy atom. The SMILES string of the molecule is CCNC(=NCc1ccc(N2CCCCCC2)nc1)N1CCC(COCCOC)C1.I. The Labute approximate surface area is 205 Å². The molecule has 8 heteroatoms. The number of methoxy groups -OCH3 is 1. The number of nitrogens with zero attached hydrogens (tertiary/aromatic N) is 4. The minimum absolute atomic E-state index is 0. The van der Waals surface area contributed by atoms with Crippen LogP contribution in [-0.4, -0.2) is 75.5 Å². The lowest BCUT2D eigenvalue weighted by Crippen LogP contribution is -2.40. The van der Waals surface area contributed by atoms with Gasteiger partial charge in [-0.2, -0.15) is 0 Å². The highest BCUT2D eigenvalue weighted by atomic mass is 127. The van der Waals surface area contributed by atoms with E-state index in [1.165, 1.54) is 25.7 Å². The van der Waals surface area contributed by atoms with Gasteiger partial charge in [0.25, 0.3) is 0 Å². The molecule has 0 aromatic carbocycles. The third kappa shape index (κ3) is 8.73. The zero-order chi connectivity index (χ0) is 21.0. The Morgan fingerprint density at radius 3 is 2.65 bits per heavy atom. The van der Waals surface area contributed by atoms with E-state index < -0.39 is 0 Å². The Balaban J connectivity index is 0.00000341. The van der Waals surface area contributed by atoms with Gasteiger partial charge in [0.1, 0.15) is 5.82 Å². The van der Waals surface area contributed by atoms with E-state index in [-0.39, 0.29) is 24.0 Å². The van der Waals surface area contributed by atoms with Crippen LogP contribution in [-0.2, 0) is 16.0 Å². The minimum atomic E-state index is 0. The van der Waals surface area contributed by atoms with E-state index in [9.17, 15) is 0 Å². The average Bonchev–Trinajstić information content (AvgIpc) is 3.07. The van der Waals surface area contributed by atoms with Crippen LogP contribution < -0.4 is 10.2 Å². The number of rotatable bonds is 9. The summed E-state index contributed by atoms with van der Waals surface area (Å²) >= 11 is 0. The van der Waals surface area contributed by atoms with Crippen molar-refractivity contribution in [2.24, 2.45) is 10.9 Å². The van der Waals surface area contributed by atoms with Gasteiger partial charge in [-0.1, -0.05) is 18.9 Å². The van der Waals surface area contributed by atoms with Crippen molar-refractivity contribution in [1.82, 2.24) is 15.2 Å². The molecule has 0 radical (unpaired) electrons. The van der Waals surface area contributed by atoms with Crippen molar-refractivity contribution in [3.05, 3.63) is 23.9 Å². The number of anilines is 1. The molecular weight excluding hydrogens is 505 g/mol. The first-order valence-electron chi connectivity index (χ1n) is 11.6. The quantitative estimate of drug-likeness (QED) is 0.222. The van der Waals surface area contributed by atoms with E-state index in [1.807, 2.05) is 6.20 Å². The van der Waals surface area contributed by atoms with Gasteiger partial charge in [-0.3, -0.25) is 0 Å². The minimum Gasteiger partial charge on any atom is -0.382 e. The molecule has 2 aliphatic rings. The highest BCUT2D eigenvalue weighted by Gasteiger charge is 2.25. The Morgan fingerprint density at radius 2 is 1.97 bits per heavy atom. The van der Waals surface area contributed by atoms with E-state index in [0.29, 0.717) is 25.7 Å². The monoisotopic (exact) mass is 545 g/mol. The van der Waals surface area contributed by atoms with Crippen LogP contribution >= 0.6 is 24.0 Å². The number of pyridine rings is 1. The van der Waals surface area contributed by atoms with E-state index in [1.54, 1.807) is 7.11 Å². The van der Waals surface area contributed by atoms with Gasteiger partial charge in [-0.25, -0.2) is 9.98 Å². The van der Waals surface area contributed by atoms with Crippen LogP contribution in [0, 0.1) is 5.92 Å². The molecule has 2 fully saturated rings. The third-order valence-electron chi connectivity index (χ3n) is 5.86. The summed E-state index contributed by atoms with van der Waals surface area (Å²) in [7, 11) is 1.71. The number of hydrogen-bond acceptors (Lipinski definition) is 5. The maximum absolute atomic E-state index is 5.72. The molecule has 2 aliphatic heterocycles. The number of likely N-dealkylation sites (tertiary alicyclic amines) is 1. The summed E-state index contributed by atoms with van der Waals surface area (Å²) in [4.78, 5) is 14.4. The zero-order valence-corrected chi connectivity index (χ0v) is 21.6. The molecule has 0 amide bonds. The molecule has 1 N–H and O–H groups in total. The molecular formula is C23H40IN5O2. The van der Waals surface area contributed by atoms with E-state index in [4.69, 9.17) is 19.5 Å². The van der Waals surface area contributed by atoms with Gasteiger partial charge in [0.2, 0.25) is 0 Å². The van der Waals surface area contributed by atoms with Crippen LogP contribution in [0.2, 0.25) is 0 Å². The average molecular weight is 546 g/mol. The van der Waals surface area contributed by atoms with Crippen molar-refractivity contribution in [2.45, 2.75) is 45.6 Å². The number of hydrogen-bond donors (Lipinski definition) is 1. The van der Waals surface area contributed by atoms with Crippen LogP contribution in [0.3, 0.4) is 0 Å². The summed E-state index contributed by atoms with van der Waals surface area (Å²) < 4.78 is 10.8. The van der Waals surface area contributed by atoms with Crippen LogP contribution in [0.25, 0.3) is 0 Å². The van der Waals surface area contributed by atoms with E-state index in [2.05, 4.69) is 34.2 Å². The van der Waals surface area contributed by atoms with Gasteiger partial charge in [0, 0.05) is 51.9 Å². The Kier molecular flexibility index (Phi) is 12.5. The number of aliphatic imine (C=N–C) groups is 1. The Bertz CT molecular complexity index is 635. The molecule has 0 saturated carbocycles. The molecule has 0 bridgehead atoms. The number of halogens is 1. The summed E-state index contributed by atoms with van der Waals surface area (Å²) in [5, 5.41) is 3.45. The molecule has 7 nitrogen and oxygen atoms in total. The van der Waals surface area contributed by atoms with Crippen LogP contribution in [0.15, 0.2) is 23.3 Å². The van der Waals surface area contributed by atoms with E-state index in [0.717, 1.165) is 63.1 Å².